The second-order valence-corrected chi connectivity index (χ2v) is 5.33. The quantitative estimate of drug-likeness (QED) is 0.582. The predicted molar refractivity (Wildman–Crippen MR) is 76.9 cm³/mol. The minimum absolute atomic E-state index is 0.0195. The summed E-state index contributed by atoms with van der Waals surface area (Å²) >= 11 is 0. The fraction of sp³-hybridized carbons (Fsp3) is 0.571. The van der Waals surface area contributed by atoms with E-state index < -0.39 is 11.0 Å². The summed E-state index contributed by atoms with van der Waals surface area (Å²) in [6.45, 7) is 5.75. The van der Waals surface area contributed by atoms with Crippen molar-refractivity contribution in [1.82, 2.24) is 4.90 Å². The average Bonchev–Trinajstić information content (AvgIpc) is 2.35. The number of aliphatic hydroxyl groups excluding tert-OH is 1. The highest BCUT2D eigenvalue weighted by atomic mass is 16.6. The van der Waals surface area contributed by atoms with Crippen LogP contribution in [0.3, 0.4) is 0 Å². The number of hydrogen-bond acceptors (Lipinski definition) is 5. The molecule has 0 amide bonds. The van der Waals surface area contributed by atoms with Crippen molar-refractivity contribution in [3.8, 4) is 5.75 Å². The average molecular weight is 282 g/mol. The van der Waals surface area contributed by atoms with Crippen molar-refractivity contribution in [2.45, 2.75) is 20.0 Å². The largest absolute Gasteiger partial charge is 0.491 e. The molecule has 0 bridgehead atoms. The van der Waals surface area contributed by atoms with Crippen molar-refractivity contribution in [2.24, 2.45) is 5.92 Å². The van der Waals surface area contributed by atoms with Gasteiger partial charge < -0.3 is 14.7 Å². The number of ether oxygens (including phenoxy) is 1. The van der Waals surface area contributed by atoms with Crippen LogP contribution in [0.1, 0.15) is 13.8 Å². The van der Waals surface area contributed by atoms with E-state index >= 15 is 0 Å². The van der Waals surface area contributed by atoms with Gasteiger partial charge in [0.1, 0.15) is 18.5 Å². The van der Waals surface area contributed by atoms with E-state index in [0.717, 1.165) is 6.54 Å². The molecular formula is C14H22N2O4. The van der Waals surface area contributed by atoms with Gasteiger partial charge in [0.25, 0.3) is 5.69 Å². The summed E-state index contributed by atoms with van der Waals surface area (Å²) in [5.74, 6) is 0.926. The number of non-ortho nitro benzene ring substituents is 1. The maximum Gasteiger partial charge on any atom is 0.273 e. The number of rotatable bonds is 8. The summed E-state index contributed by atoms with van der Waals surface area (Å²) in [5.41, 5.74) is -0.0195. The van der Waals surface area contributed by atoms with E-state index in [1.165, 1.54) is 12.1 Å². The van der Waals surface area contributed by atoms with Gasteiger partial charge in [-0.3, -0.25) is 10.1 Å². The lowest BCUT2D eigenvalue weighted by Gasteiger charge is -2.22. The van der Waals surface area contributed by atoms with Gasteiger partial charge in [0, 0.05) is 19.2 Å². The van der Waals surface area contributed by atoms with Crippen LogP contribution in [-0.2, 0) is 0 Å². The van der Waals surface area contributed by atoms with Crippen LogP contribution in [0.25, 0.3) is 0 Å². The second-order valence-electron chi connectivity index (χ2n) is 5.33. The molecule has 0 spiro atoms. The first kappa shape index (κ1) is 16.4. The molecule has 0 saturated carbocycles. The van der Waals surface area contributed by atoms with Gasteiger partial charge in [0.2, 0.25) is 0 Å². The first-order chi connectivity index (χ1) is 9.38. The Kier molecular flexibility index (Phi) is 6.41. The van der Waals surface area contributed by atoms with Crippen molar-refractivity contribution in [3.05, 3.63) is 34.4 Å². The Labute approximate surface area is 119 Å². The molecule has 0 aliphatic heterocycles. The van der Waals surface area contributed by atoms with Gasteiger partial charge in [-0.15, -0.1) is 0 Å². The number of nitro benzene ring substituents is 1. The summed E-state index contributed by atoms with van der Waals surface area (Å²) < 4.78 is 5.38. The SMILES string of the molecule is CC(C)CN(C)CC(O)COc1cccc([N+](=O)[O-])c1. The monoisotopic (exact) mass is 282 g/mol. The Morgan fingerprint density at radius 1 is 1.40 bits per heavy atom. The topological polar surface area (TPSA) is 75.8 Å². The van der Waals surface area contributed by atoms with Crippen molar-refractivity contribution >= 4 is 5.69 Å². The molecule has 1 N–H and O–H groups in total. The van der Waals surface area contributed by atoms with E-state index in [9.17, 15) is 15.2 Å². The molecule has 0 radical (unpaired) electrons. The molecule has 0 aliphatic rings. The number of aliphatic hydroxyl groups is 1. The molecular weight excluding hydrogens is 260 g/mol. The molecule has 1 aromatic carbocycles. The highest BCUT2D eigenvalue weighted by Crippen LogP contribution is 2.19. The first-order valence-electron chi connectivity index (χ1n) is 6.62. The zero-order chi connectivity index (χ0) is 15.1. The van der Waals surface area contributed by atoms with Crippen molar-refractivity contribution in [3.63, 3.8) is 0 Å². The lowest BCUT2D eigenvalue weighted by molar-refractivity contribution is -0.384. The Morgan fingerprint density at radius 2 is 2.10 bits per heavy atom. The number of benzene rings is 1. The van der Waals surface area contributed by atoms with E-state index in [0.29, 0.717) is 18.2 Å². The molecule has 0 saturated heterocycles. The van der Waals surface area contributed by atoms with Crippen LogP contribution in [0, 0.1) is 16.0 Å². The maximum atomic E-state index is 10.6. The Bertz CT molecular complexity index is 437. The summed E-state index contributed by atoms with van der Waals surface area (Å²) in [7, 11) is 1.94. The van der Waals surface area contributed by atoms with Gasteiger partial charge in [-0.25, -0.2) is 0 Å². The van der Waals surface area contributed by atoms with Crippen LogP contribution in [0.2, 0.25) is 0 Å². The standard InChI is InChI=1S/C14H22N2O4/c1-11(2)8-15(3)9-13(17)10-20-14-6-4-5-12(7-14)16(18)19/h4-7,11,13,17H,8-10H2,1-3H3. The zero-order valence-corrected chi connectivity index (χ0v) is 12.2. The summed E-state index contributed by atoms with van der Waals surface area (Å²) in [4.78, 5) is 12.2. The molecule has 1 atom stereocenters. The van der Waals surface area contributed by atoms with Crippen LogP contribution in [-0.4, -0.2) is 47.8 Å². The molecule has 0 heterocycles. The highest BCUT2D eigenvalue weighted by Gasteiger charge is 2.11. The molecule has 0 aliphatic carbocycles. The van der Waals surface area contributed by atoms with E-state index in [1.54, 1.807) is 12.1 Å². The fourth-order valence-electron chi connectivity index (χ4n) is 1.99. The number of nitro groups is 1. The van der Waals surface area contributed by atoms with Crippen LogP contribution in [0.4, 0.5) is 5.69 Å². The lowest BCUT2D eigenvalue weighted by Crippen LogP contribution is -2.35. The smallest absolute Gasteiger partial charge is 0.273 e. The van der Waals surface area contributed by atoms with Gasteiger partial charge in [0.15, 0.2) is 0 Å². The van der Waals surface area contributed by atoms with E-state index in [2.05, 4.69) is 13.8 Å². The second kappa shape index (κ2) is 7.81. The molecule has 0 aromatic heterocycles. The van der Waals surface area contributed by atoms with E-state index in [-0.39, 0.29) is 12.3 Å². The zero-order valence-electron chi connectivity index (χ0n) is 12.2. The van der Waals surface area contributed by atoms with Gasteiger partial charge in [0.05, 0.1) is 11.0 Å². The predicted octanol–water partition coefficient (Wildman–Crippen LogP) is 1.92. The number of nitrogens with zero attached hydrogens (tertiary/aromatic N) is 2. The lowest BCUT2D eigenvalue weighted by atomic mass is 10.2. The van der Waals surface area contributed by atoms with Gasteiger partial charge in [-0.05, 0) is 19.0 Å². The molecule has 20 heavy (non-hydrogen) atoms. The highest BCUT2D eigenvalue weighted by molar-refractivity contribution is 5.37. The molecule has 6 heteroatoms. The van der Waals surface area contributed by atoms with Crippen LogP contribution in [0.15, 0.2) is 24.3 Å². The Balaban J connectivity index is 2.42. The molecule has 1 aromatic rings. The van der Waals surface area contributed by atoms with E-state index in [4.69, 9.17) is 4.74 Å². The van der Waals surface area contributed by atoms with Gasteiger partial charge in [-0.2, -0.15) is 0 Å². The fourth-order valence-corrected chi connectivity index (χ4v) is 1.99. The minimum atomic E-state index is -0.627. The Hall–Kier alpha value is -1.66. The summed E-state index contributed by atoms with van der Waals surface area (Å²) in [6.07, 6.45) is -0.627. The normalized spacial score (nSPS) is 12.7. The molecule has 1 rings (SSSR count). The molecule has 112 valence electrons. The van der Waals surface area contributed by atoms with Crippen LogP contribution < -0.4 is 4.74 Å². The van der Waals surface area contributed by atoms with Gasteiger partial charge in [-0.1, -0.05) is 19.9 Å². The van der Waals surface area contributed by atoms with Crippen molar-refractivity contribution in [1.29, 1.82) is 0 Å². The molecule has 1 unspecified atom stereocenters. The van der Waals surface area contributed by atoms with E-state index in [1.807, 2.05) is 11.9 Å². The number of likely N-dealkylation sites (N-methyl/N-ethyl adjacent to an activating group) is 1. The third kappa shape index (κ3) is 5.99. The summed E-state index contributed by atoms with van der Waals surface area (Å²) in [5, 5.41) is 20.5. The maximum absolute atomic E-state index is 10.6. The number of hydrogen-bond donors (Lipinski definition) is 1. The van der Waals surface area contributed by atoms with Crippen LogP contribution in [0.5, 0.6) is 5.75 Å². The van der Waals surface area contributed by atoms with Crippen LogP contribution >= 0.6 is 0 Å². The molecule has 0 fully saturated rings. The van der Waals surface area contributed by atoms with Gasteiger partial charge >= 0.3 is 0 Å². The minimum Gasteiger partial charge on any atom is -0.491 e. The summed E-state index contributed by atoms with van der Waals surface area (Å²) in [6, 6.07) is 5.95. The molecule has 6 nitrogen and oxygen atoms in total. The Morgan fingerprint density at radius 3 is 2.70 bits per heavy atom. The third-order valence-electron chi connectivity index (χ3n) is 2.67. The van der Waals surface area contributed by atoms with Crippen molar-refractivity contribution in [2.75, 3.05) is 26.7 Å². The third-order valence-corrected chi connectivity index (χ3v) is 2.67. The van der Waals surface area contributed by atoms with Crippen molar-refractivity contribution < 1.29 is 14.8 Å². The first-order valence-corrected chi connectivity index (χ1v) is 6.62.